The van der Waals surface area contributed by atoms with Gasteiger partial charge in [0.1, 0.15) is 0 Å². The third-order valence-corrected chi connectivity index (χ3v) is 3.24. The van der Waals surface area contributed by atoms with Gasteiger partial charge in [0.15, 0.2) is 4.73 Å². The highest BCUT2D eigenvalue weighted by molar-refractivity contribution is 9.10. The number of nitrogens with zero attached hydrogens (tertiary/aromatic N) is 3. The summed E-state index contributed by atoms with van der Waals surface area (Å²) in [6.07, 6.45) is 0.804. The van der Waals surface area contributed by atoms with Crippen LogP contribution in [0.4, 0.5) is 5.95 Å². The molecule has 3 N–H and O–H groups in total. The van der Waals surface area contributed by atoms with E-state index in [9.17, 15) is 4.79 Å². The zero-order valence-corrected chi connectivity index (χ0v) is 9.91. The molecule has 1 aliphatic rings. The standard InChI is InChI=1S/C8H12BrN5O/c1-8(2-3-11-5(8)15)4-14-6(9)12-7(10)13-14/h2-4H2,1H3,(H2,10,13)(H,11,15). The summed E-state index contributed by atoms with van der Waals surface area (Å²) in [5.74, 6) is 0.271. The first-order valence-electron chi connectivity index (χ1n) is 4.65. The lowest BCUT2D eigenvalue weighted by Crippen LogP contribution is -2.33. The molecule has 7 heteroatoms. The van der Waals surface area contributed by atoms with Gasteiger partial charge in [-0.15, -0.1) is 5.10 Å². The quantitative estimate of drug-likeness (QED) is 0.803. The van der Waals surface area contributed by atoms with Gasteiger partial charge in [-0.3, -0.25) is 4.79 Å². The lowest BCUT2D eigenvalue weighted by Gasteiger charge is -2.19. The van der Waals surface area contributed by atoms with Gasteiger partial charge >= 0.3 is 0 Å². The lowest BCUT2D eigenvalue weighted by molar-refractivity contribution is -0.127. The van der Waals surface area contributed by atoms with Crippen molar-refractivity contribution < 1.29 is 4.79 Å². The van der Waals surface area contributed by atoms with E-state index in [1.165, 1.54) is 0 Å². The first kappa shape index (κ1) is 10.4. The van der Waals surface area contributed by atoms with E-state index >= 15 is 0 Å². The zero-order valence-electron chi connectivity index (χ0n) is 8.33. The fourth-order valence-corrected chi connectivity index (χ4v) is 2.09. The maximum absolute atomic E-state index is 11.6. The van der Waals surface area contributed by atoms with E-state index in [-0.39, 0.29) is 11.9 Å². The number of hydrogen-bond donors (Lipinski definition) is 2. The van der Waals surface area contributed by atoms with E-state index in [1.54, 1.807) is 4.68 Å². The molecule has 2 heterocycles. The van der Waals surface area contributed by atoms with E-state index < -0.39 is 5.41 Å². The van der Waals surface area contributed by atoms with Crippen LogP contribution in [-0.2, 0) is 11.3 Å². The molecule has 2 rings (SSSR count). The lowest BCUT2D eigenvalue weighted by atomic mass is 9.89. The summed E-state index contributed by atoms with van der Waals surface area (Å²) in [6, 6.07) is 0. The summed E-state index contributed by atoms with van der Waals surface area (Å²) < 4.78 is 2.17. The van der Waals surface area contributed by atoms with Crippen molar-refractivity contribution in [1.82, 2.24) is 20.1 Å². The van der Waals surface area contributed by atoms with E-state index in [0.717, 1.165) is 13.0 Å². The predicted molar refractivity (Wildman–Crippen MR) is 57.9 cm³/mol. The smallest absolute Gasteiger partial charge is 0.240 e. The van der Waals surface area contributed by atoms with Crippen molar-refractivity contribution in [3.63, 3.8) is 0 Å². The van der Waals surface area contributed by atoms with Gasteiger partial charge in [-0.05, 0) is 29.3 Å². The molecule has 0 radical (unpaired) electrons. The van der Waals surface area contributed by atoms with E-state index in [0.29, 0.717) is 11.3 Å². The second-order valence-electron chi connectivity index (χ2n) is 3.96. The molecule has 82 valence electrons. The Balaban J connectivity index is 2.21. The number of amides is 1. The molecule has 6 nitrogen and oxygen atoms in total. The summed E-state index contributed by atoms with van der Waals surface area (Å²) in [5.41, 5.74) is 5.04. The number of nitrogens with two attached hydrogens (primary N) is 1. The van der Waals surface area contributed by atoms with E-state index in [1.807, 2.05) is 6.92 Å². The molecule has 1 atom stereocenters. The molecule has 15 heavy (non-hydrogen) atoms. The molecule has 1 aromatic rings. The van der Waals surface area contributed by atoms with E-state index in [2.05, 4.69) is 31.3 Å². The topological polar surface area (TPSA) is 85.8 Å². The van der Waals surface area contributed by atoms with Crippen molar-refractivity contribution >= 4 is 27.8 Å². The van der Waals surface area contributed by atoms with Gasteiger partial charge < -0.3 is 11.1 Å². The normalized spacial score (nSPS) is 25.6. The fraction of sp³-hybridized carbons (Fsp3) is 0.625. The first-order chi connectivity index (χ1) is 7.01. The summed E-state index contributed by atoms with van der Waals surface area (Å²) in [4.78, 5) is 15.5. The first-order valence-corrected chi connectivity index (χ1v) is 5.45. The summed E-state index contributed by atoms with van der Waals surface area (Å²) in [6.45, 7) is 3.13. The van der Waals surface area contributed by atoms with Gasteiger partial charge in [0, 0.05) is 6.54 Å². The number of hydrogen-bond acceptors (Lipinski definition) is 4. The van der Waals surface area contributed by atoms with Crippen molar-refractivity contribution in [2.75, 3.05) is 12.3 Å². The largest absolute Gasteiger partial charge is 0.366 e. The van der Waals surface area contributed by atoms with Gasteiger partial charge in [0.25, 0.3) is 0 Å². The number of anilines is 1. The maximum atomic E-state index is 11.6. The van der Waals surface area contributed by atoms with Crippen molar-refractivity contribution in [1.29, 1.82) is 0 Å². The van der Waals surface area contributed by atoms with Crippen molar-refractivity contribution in [3.8, 4) is 0 Å². The Hall–Kier alpha value is -1.11. The zero-order chi connectivity index (χ0) is 11.1. The fourth-order valence-electron chi connectivity index (χ4n) is 1.70. The van der Waals surface area contributed by atoms with Crippen LogP contribution in [0.3, 0.4) is 0 Å². The summed E-state index contributed by atoms with van der Waals surface area (Å²) in [5, 5.41) is 6.82. The highest BCUT2D eigenvalue weighted by Crippen LogP contribution is 2.28. The number of rotatable bonds is 2. The van der Waals surface area contributed by atoms with Crippen LogP contribution in [0.1, 0.15) is 13.3 Å². The van der Waals surface area contributed by atoms with Gasteiger partial charge in [-0.25, -0.2) is 4.68 Å². The van der Waals surface area contributed by atoms with Crippen LogP contribution in [0.25, 0.3) is 0 Å². The second kappa shape index (κ2) is 3.48. The van der Waals surface area contributed by atoms with Crippen LogP contribution in [0.2, 0.25) is 0 Å². The van der Waals surface area contributed by atoms with Gasteiger partial charge in [-0.2, -0.15) is 4.98 Å². The Morgan fingerprint density at radius 3 is 2.93 bits per heavy atom. The minimum atomic E-state index is -0.414. The molecule has 0 saturated carbocycles. The number of halogens is 1. The maximum Gasteiger partial charge on any atom is 0.240 e. The average Bonchev–Trinajstić information content (AvgIpc) is 2.60. The molecule has 1 fully saturated rings. The Morgan fingerprint density at radius 2 is 2.47 bits per heavy atom. The molecule has 0 aromatic carbocycles. The predicted octanol–water partition coefficient (Wildman–Crippen LogP) is 0.149. The number of carbonyl (C=O) groups is 1. The molecule has 1 saturated heterocycles. The number of nitrogens with one attached hydrogen (secondary N) is 1. The Labute approximate surface area is 95.4 Å². The minimum absolute atomic E-state index is 0.0588. The highest BCUT2D eigenvalue weighted by Gasteiger charge is 2.38. The monoisotopic (exact) mass is 273 g/mol. The third-order valence-electron chi connectivity index (χ3n) is 2.65. The van der Waals surface area contributed by atoms with Crippen LogP contribution in [0.15, 0.2) is 4.73 Å². The van der Waals surface area contributed by atoms with Gasteiger partial charge in [0.05, 0.1) is 12.0 Å². The SMILES string of the molecule is CC1(Cn2nc(N)nc2Br)CCNC1=O. The molecule has 1 amide bonds. The molecule has 0 aliphatic carbocycles. The second-order valence-corrected chi connectivity index (χ2v) is 4.67. The summed E-state index contributed by atoms with van der Waals surface area (Å²) >= 11 is 3.25. The van der Waals surface area contributed by atoms with Crippen LogP contribution in [0, 0.1) is 5.41 Å². The number of carbonyl (C=O) groups excluding carboxylic acids is 1. The van der Waals surface area contributed by atoms with Gasteiger partial charge in [-0.1, -0.05) is 0 Å². The van der Waals surface area contributed by atoms with Crippen LogP contribution < -0.4 is 11.1 Å². The third kappa shape index (κ3) is 1.83. The highest BCUT2D eigenvalue weighted by atomic mass is 79.9. The minimum Gasteiger partial charge on any atom is -0.366 e. The van der Waals surface area contributed by atoms with Crippen LogP contribution in [0.5, 0.6) is 0 Å². The van der Waals surface area contributed by atoms with Crippen molar-refractivity contribution in [2.45, 2.75) is 19.9 Å². The summed E-state index contributed by atoms with van der Waals surface area (Å²) in [7, 11) is 0. The van der Waals surface area contributed by atoms with Gasteiger partial charge in [0.2, 0.25) is 11.9 Å². The Bertz CT molecular complexity index is 404. The van der Waals surface area contributed by atoms with Crippen LogP contribution in [-0.4, -0.2) is 27.2 Å². The number of aromatic nitrogens is 3. The van der Waals surface area contributed by atoms with Crippen molar-refractivity contribution in [3.05, 3.63) is 4.73 Å². The Kier molecular flexibility index (Phi) is 2.41. The molecule has 0 spiro atoms. The molecule has 1 aromatic heterocycles. The van der Waals surface area contributed by atoms with Crippen LogP contribution >= 0.6 is 15.9 Å². The molecule has 1 unspecified atom stereocenters. The molecular formula is C8H12BrN5O. The number of nitrogen functional groups attached to an aromatic ring is 1. The molecule has 1 aliphatic heterocycles. The average molecular weight is 274 g/mol. The van der Waals surface area contributed by atoms with Crippen molar-refractivity contribution in [2.24, 2.45) is 5.41 Å². The Morgan fingerprint density at radius 1 is 1.73 bits per heavy atom. The molecule has 0 bridgehead atoms. The molecular weight excluding hydrogens is 262 g/mol. The van der Waals surface area contributed by atoms with E-state index in [4.69, 9.17) is 5.73 Å².